The van der Waals surface area contributed by atoms with E-state index in [9.17, 15) is 4.79 Å². The number of ether oxygens (including phenoxy) is 1. The first kappa shape index (κ1) is 25.8. The SMILES string of the molecule is CCCCCCCCCCCCCCCCCCOC(=O)CCSCC. The molecule has 0 aromatic carbocycles. The second-order valence-electron chi connectivity index (χ2n) is 7.47. The first-order valence-electron chi connectivity index (χ1n) is 11.5. The van der Waals surface area contributed by atoms with Gasteiger partial charge in [-0.15, -0.1) is 0 Å². The maximum atomic E-state index is 11.4. The van der Waals surface area contributed by atoms with Crippen LogP contribution in [0, 0.1) is 0 Å². The van der Waals surface area contributed by atoms with E-state index in [4.69, 9.17) is 4.74 Å². The number of thioether (sulfide) groups is 1. The van der Waals surface area contributed by atoms with Gasteiger partial charge in [-0.3, -0.25) is 4.79 Å². The predicted molar refractivity (Wildman–Crippen MR) is 118 cm³/mol. The molecule has 0 aromatic heterocycles. The summed E-state index contributed by atoms with van der Waals surface area (Å²) in [4.78, 5) is 11.4. The van der Waals surface area contributed by atoms with Crippen molar-refractivity contribution < 1.29 is 9.53 Å². The van der Waals surface area contributed by atoms with E-state index in [2.05, 4.69) is 13.8 Å². The van der Waals surface area contributed by atoms with E-state index in [-0.39, 0.29) is 5.97 Å². The summed E-state index contributed by atoms with van der Waals surface area (Å²) in [6, 6.07) is 0. The standard InChI is InChI=1S/C23H46O2S/c1-3-5-6-7-8-9-10-11-12-13-14-15-16-17-18-19-21-25-23(24)20-22-26-4-2/h3-22H2,1-2H3. The molecule has 0 saturated heterocycles. The molecular formula is C23H46O2S. The van der Waals surface area contributed by atoms with Crippen LogP contribution in [0.2, 0.25) is 0 Å². The van der Waals surface area contributed by atoms with Crippen molar-refractivity contribution in [3.63, 3.8) is 0 Å². The second kappa shape index (κ2) is 22.9. The lowest BCUT2D eigenvalue weighted by Crippen LogP contribution is -2.06. The summed E-state index contributed by atoms with van der Waals surface area (Å²) in [6.07, 6.45) is 22.5. The molecule has 0 aliphatic rings. The smallest absolute Gasteiger partial charge is 0.306 e. The van der Waals surface area contributed by atoms with Crippen molar-refractivity contribution in [1.82, 2.24) is 0 Å². The van der Waals surface area contributed by atoms with Gasteiger partial charge < -0.3 is 4.74 Å². The van der Waals surface area contributed by atoms with Crippen LogP contribution in [0.4, 0.5) is 0 Å². The van der Waals surface area contributed by atoms with Crippen LogP contribution in [0.25, 0.3) is 0 Å². The Morgan fingerprint density at radius 2 is 1.08 bits per heavy atom. The summed E-state index contributed by atoms with van der Waals surface area (Å²) < 4.78 is 5.26. The van der Waals surface area contributed by atoms with E-state index < -0.39 is 0 Å². The molecule has 0 radical (unpaired) electrons. The van der Waals surface area contributed by atoms with Crippen molar-refractivity contribution in [1.29, 1.82) is 0 Å². The van der Waals surface area contributed by atoms with E-state index in [1.165, 1.54) is 96.3 Å². The zero-order valence-electron chi connectivity index (χ0n) is 17.9. The highest BCUT2D eigenvalue weighted by molar-refractivity contribution is 7.99. The quantitative estimate of drug-likeness (QED) is 0.148. The van der Waals surface area contributed by atoms with Gasteiger partial charge in [-0.2, -0.15) is 11.8 Å². The molecule has 156 valence electrons. The molecule has 0 amide bonds. The number of rotatable bonds is 21. The van der Waals surface area contributed by atoms with Gasteiger partial charge in [0, 0.05) is 5.75 Å². The fraction of sp³-hybridized carbons (Fsp3) is 0.957. The highest BCUT2D eigenvalue weighted by Crippen LogP contribution is 2.13. The molecular weight excluding hydrogens is 340 g/mol. The van der Waals surface area contributed by atoms with Crippen molar-refractivity contribution in [3.8, 4) is 0 Å². The Bertz CT molecular complexity index is 281. The van der Waals surface area contributed by atoms with E-state index in [0.29, 0.717) is 13.0 Å². The maximum absolute atomic E-state index is 11.4. The van der Waals surface area contributed by atoms with Gasteiger partial charge in [-0.1, -0.05) is 110 Å². The van der Waals surface area contributed by atoms with Gasteiger partial charge in [-0.05, 0) is 12.2 Å². The minimum absolute atomic E-state index is 0.0214. The molecule has 0 aliphatic carbocycles. The third kappa shape index (κ3) is 21.9. The van der Waals surface area contributed by atoms with Crippen LogP contribution in [0.5, 0.6) is 0 Å². The summed E-state index contributed by atoms with van der Waals surface area (Å²) in [5, 5.41) is 0. The van der Waals surface area contributed by atoms with Crippen LogP contribution in [0.1, 0.15) is 123 Å². The van der Waals surface area contributed by atoms with E-state index in [1.807, 2.05) is 0 Å². The zero-order chi connectivity index (χ0) is 19.1. The number of unbranched alkanes of at least 4 members (excludes halogenated alkanes) is 15. The number of carbonyl (C=O) groups excluding carboxylic acids is 1. The van der Waals surface area contributed by atoms with Crippen molar-refractivity contribution in [2.45, 2.75) is 123 Å². The van der Waals surface area contributed by atoms with E-state index >= 15 is 0 Å². The van der Waals surface area contributed by atoms with Crippen LogP contribution >= 0.6 is 11.8 Å². The predicted octanol–water partition coefficient (Wildman–Crippen LogP) is 7.93. The minimum atomic E-state index is -0.0214. The molecule has 0 heterocycles. The van der Waals surface area contributed by atoms with Crippen LogP contribution in [-0.4, -0.2) is 24.1 Å². The Morgan fingerprint density at radius 3 is 1.50 bits per heavy atom. The minimum Gasteiger partial charge on any atom is -0.466 e. The maximum Gasteiger partial charge on any atom is 0.306 e. The second-order valence-corrected chi connectivity index (χ2v) is 8.86. The molecule has 0 saturated carbocycles. The molecule has 2 nitrogen and oxygen atoms in total. The molecule has 0 atom stereocenters. The van der Waals surface area contributed by atoms with Crippen LogP contribution in [0.3, 0.4) is 0 Å². The van der Waals surface area contributed by atoms with Crippen LogP contribution in [0.15, 0.2) is 0 Å². The molecule has 0 aromatic rings. The summed E-state index contributed by atoms with van der Waals surface area (Å²) in [5.74, 6) is 1.95. The lowest BCUT2D eigenvalue weighted by atomic mass is 10.0. The first-order chi connectivity index (χ1) is 12.8. The Labute approximate surface area is 168 Å². The van der Waals surface area contributed by atoms with E-state index in [0.717, 1.165) is 17.9 Å². The van der Waals surface area contributed by atoms with Crippen molar-refractivity contribution in [3.05, 3.63) is 0 Å². The third-order valence-corrected chi connectivity index (χ3v) is 5.82. The summed E-state index contributed by atoms with van der Waals surface area (Å²) >= 11 is 1.80. The van der Waals surface area contributed by atoms with Gasteiger partial charge in [0.25, 0.3) is 0 Å². The van der Waals surface area contributed by atoms with E-state index in [1.54, 1.807) is 11.8 Å². The Kier molecular flexibility index (Phi) is 22.7. The molecule has 0 unspecified atom stereocenters. The lowest BCUT2D eigenvalue weighted by Gasteiger charge is -2.05. The van der Waals surface area contributed by atoms with Crippen LogP contribution in [-0.2, 0) is 9.53 Å². The molecule has 0 bridgehead atoms. The van der Waals surface area contributed by atoms with Crippen LogP contribution < -0.4 is 0 Å². The van der Waals surface area contributed by atoms with Gasteiger partial charge >= 0.3 is 5.97 Å². The third-order valence-electron chi connectivity index (χ3n) is 4.92. The summed E-state index contributed by atoms with van der Waals surface area (Å²) in [5.41, 5.74) is 0. The van der Waals surface area contributed by atoms with Gasteiger partial charge in [-0.25, -0.2) is 0 Å². The van der Waals surface area contributed by atoms with Crippen molar-refractivity contribution >= 4 is 17.7 Å². The average Bonchev–Trinajstić information content (AvgIpc) is 2.64. The number of carbonyl (C=O) groups is 1. The monoisotopic (exact) mass is 386 g/mol. The Morgan fingerprint density at radius 1 is 0.654 bits per heavy atom. The number of hydrogen-bond acceptors (Lipinski definition) is 3. The summed E-state index contributed by atoms with van der Waals surface area (Å²) in [7, 11) is 0. The fourth-order valence-electron chi connectivity index (χ4n) is 3.21. The number of esters is 1. The number of hydrogen-bond donors (Lipinski definition) is 0. The molecule has 3 heteroatoms. The van der Waals surface area contributed by atoms with Gasteiger partial charge in [0.05, 0.1) is 13.0 Å². The zero-order valence-corrected chi connectivity index (χ0v) is 18.7. The molecule has 0 rings (SSSR count). The highest BCUT2D eigenvalue weighted by atomic mass is 32.2. The van der Waals surface area contributed by atoms with Crippen molar-refractivity contribution in [2.75, 3.05) is 18.1 Å². The highest BCUT2D eigenvalue weighted by Gasteiger charge is 2.01. The summed E-state index contributed by atoms with van der Waals surface area (Å²) in [6.45, 7) is 5.02. The van der Waals surface area contributed by atoms with Gasteiger partial charge in [0.15, 0.2) is 0 Å². The first-order valence-corrected chi connectivity index (χ1v) is 12.7. The molecule has 0 spiro atoms. The molecule has 0 N–H and O–H groups in total. The van der Waals surface area contributed by atoms with Gasteiger partial charge in [0.1, 0.15) is 0 Å². The Balaban J connectivity index is 3.06. The molecule has 0 fully saturated rings. The Hall–Kier alpha value is -0.180. The molecule has 0 aliphatic heterocycles. The average molecular weight is 387 g/mol. The largest absolute Gasteiger partial charge is 0.466 e. The lowest BCUT2D eigenvalue weighted by molar-refractivity contribution is -0.143. The van der Waals surface area contributed by atoms with Gasteiger partial charge in [0.2, 0.25) is 0 Å². The fourth-order valence-corrected chi connectivity index (χ4v) is 3.81. The van der Waals surface area contributed by atoms with Crippen molar-refractivity contribution in [2.24, 2.45) is 0 Å². The topological polar surface area (TPSA) is 26.3 Å². The molecule has 26 heavy (non-hydrogen) atoms. The normalized spacial score (nSPS) is 11.0.